The van der Waals surface area contributed by atoms with E-state index in [0.29, 0.717) is 6.54 Å². The van der Waals surface area contributed by atoms with Crippen molar-refractivity contribution in [2.24, 2.45) is 10.7 Å². The molecule has 1 fully saturated rings. The summed E-state index contributed by atoms with van der Waals surface area (Å²) in [6.07, 6.45) is 7.90. The van der Waals surface area contributed by atoms with Gasteiger partial charge >= 0.3 is 0 Å². The first kappa shape index (κ1) is 8.72. The molecule has 2 N–H and O–H groups in total. The zero-order chi connectivity index (χ0) is 7.94. The number of rotatable bonds is 2. The van der Waals surface area contributed by atoms with Crippen molar-refractivity contribution in [3.63, 3.8) is 0 Å². The maximum absolute atomic E-state index is 5.38. The molecule has 0 aromatic rings. The molecule has 0 unspecified atom stereocenters. The summed E-state index contributed by atoms with van der Waals surface area (Å²) in [4.78, 5) is 4.45. The number of nitrogens with two attached hydrogens (primary N) is 1. The zero-order valence-corrected chi connectivity index (χ0v) is 7.18. The number of hydrogen-bond acceptors (Lipinski definition) is 2. The lowest BCUT2D eigenvalue weighted by Gasteiger charge is -1.99. The highest BCUT2D eigenvalue weighted by Gasteiger charge is 2.03. The minimum absolute atomic E-state index is 0.698. The second-order valence-electron chi connectivity index (χ2n) is 3.15. The standard InChI is InChI=1S/C9H18N2/c10-7-8-11-9-5-3-1-2-4-6-9/h1-8,10H2. The molecule has 0 radical (unpaired) electrons. The topological polar surface area (TPSA) is 38.4 Å². The Bertz CT molecular complexity index is 120. The SMILES string of the molecule is NCCN=C1CCCCCC1. The molecule has 11 heavy (non-hydrogen) atoms. The van der Waals surface area contributed by atoms with Crippen LogP contribution in [0.3, 0.4) is 0 Å². The van der Waals surface area contributed by atoms with Crippen molar-refractivity contribution >= 4 is 5.71 Å². The molecule has 0 bridgehead atoms. The minimum atomic E-state index is 0.698. The average Bonchev–Trinajstić information content (AvgIpc) is 2.28. The van der Waals surface area contributed by atoms with Gasteiger partial charge in [-0.3, -0.25) is 4.99 Å². The Morgan fingerprint density at radius 1 is 1.09 bits per heavy atom. The first-order chi connectivity index (χ1) is 5.43. The van der Waals surface area contributed by atoms with E-state index < -0.39 is 0 Å². The molecule has 2 nitrogen and oxygen atoms in total. The Morgan fingerprint density at radius 3 is 2.27 bits per heavy atom. The summed E-state index contributed by atoms with van der Waals surface area (Å²) in [7, 11) is 0. The highest BCUT2D eigenvalue weighted by atomic mass is 14.8. The maximum atomic E-state index is 5.38. The lowest BCUT2D eigenvalue weighted by Crippen LogP contribution is -2.05. The van der Waals surface area contributed by atoms with E-state index in [1.807, 2.05) is 0 Å². The van der Waals surface area contributed by atoms with Gasteiger partial charge in [0.2, 0.25) is 0 Å². The Kier molecular flexibility index (Phi) is 4.21. The molecular formula is C9H18N2. The Balaban J connectivity index is 2.29. The van der Waals surface area contributed by atoms with Crippen molar-refractivity contribution in [2.75, 3.05) is 13.1 Å². The van der Waals surface area contributed by atoms with Crippen LogP contribution in [0, 0.1) is 0 Å². The molecule has 1 aliphatic carbocycles. The van der Waals surface area contributed by atoms with E-state index in [-0.39, 0.29) is 0 Å². The van der Waals surface area contributed by atoms with E-state index in [1.165, 1.54) is 44.2 Å². The summed E-state index contributed by atoms with van der Waals surface area (Å²) in [5, 5.41) is 0. The van der Waals surface area contributed by atoms with E-state index in [9.17, 15) is 0 Å². The molecular weight excluding hydrogens is 136 g/mol. The van der Waals surface area contributed by atoms with Gasteiger partial charge in [-0.05, 0) is 25.7 Å². The largest absolute Gasteiger partial charge is 0.329 e. The Morgan fingerprint density at radius 2 is 1.73 bits per heavy atom. The molecule has 0 aromatic heterocycles. The second kappa shape index (κ2) is 5.30. The lowest BCUT2D eigenvalue weighted by molar-refractivity contribution is 0.702. The molecule has 64 valence electrons. The zero-order valence-electron chi connectivity index (χ0n) is 7.18. The molecule has 0 aromatic carbocycles. The van der Waals surface area contributed by atoms with Crippen molar-refractivity contribution in [1.82, 2.24) is 0 Å². The van der Waals surface area contributed by atoms with Gasteiger partial charge in [-0.1, -0.05) is 12.8 Å². The van der Waals surface area contributed by atoms with Gasteiger partial charge in [-0.25, -0.2) is 0 Å². The Labute approximate surface area is 68.9 Å². The van der Waals surface area contributed by atoms with Crippen molar-refractivity contribution in [3.05, 3.63) is 0 Å². The molecule has 0 amide bonds. The Hall–Kier alpha value is -0.370. The van der Waals surface area contributed by atoms with E-state index >= 15 is 0 Å². The minimum Gasteiger partial charge on any atom is -0.329 e. The third-order valence-electron chi connectivity index (χ3n) is 2.15. The molecule has 1 aliphatic rings. The average molecular weight is 154 g/mol. The normalized spacial score (nSPS) is 19.5. The third-order valence-corrected chi connectivity index (χ3v) is 2.15. The lowest BCUT2D eigenvalue weighted by atomic mass is 10.2. The number of aliphatic imine (C=N–C) groups is 1. The van der Waals surface area contributed by atoms with Crippen LogP contribution in [-0.2, 0) is 0 Å². The van der Waals surface area contributed by atoms with E-state index in [1.54, 1.807) is 0 Å². The molecule has 0 atom stereocenters. The highest BCUT2D eigenvalue weighted by Crippen LogP contribution is 2.14. The second-order valence-corrected chi connectivity index (χ2v) is 3.15. The summed E-state index contributed by atoms with van der Waals surface area (Å²) in [6, 6.07) is 0. The molecule has 2 heteroatoms. The van der Waals surface area contributed by atoms with Gasteiger partial charge < -0.3 is 5.73 Å². The maximum Gasteiger partial charge on any atom is 0.0511 e. The van der Waals surface area contributed by atoms with E-state index in [0.717, 1.165) is 6.54 Å². The predicted octanol–water partition coefficient (Wildman–Crippen LogP) is 1.74. The summed E-state index contributed by atoms with van der Waals surface area (Å²) in [5.74, 6) is 0. The van der Waals surface area contributed by atoms with Gasteiger partial charge in [0.05, 0.1) is 6.54 Å². The van der Waals surface area contributed by atoms with Crippen LogP contribution >= 0.6 is 0 Å². The van der Waals surface area contributed by atoms with Crippen LogP contribution in [0.15, 0.2) is 4.99 Å². The molecule has 0 aliphatic heterocycles. The van der Waals surface area contributed by atoms with Gasteiger partial charge in [-0.2, -0.15) is 0 Å². The fourth-order valence-corrected chi connectivity index (χ4v) is 1.52. The molecule has 0 saturated heterocycles. The first-order valence-electron chi connectivity index (χ1n) is 4.66. The number of hydrogen-bond donors (Lipinski definition) is 1. The predicted molar refractivity (Wildman–Crippen MR) is 49.1 cm³/mol. The van der Waals surface area contributed by atoms with Crippen molar-refractivity contribution in [1.29, 1.82) is 0 Å². The van der Waals surface area contributed by atoms with Crippen molar-refractivity contribution in [3.8, 4) is 0 Å². The van der Waals surface area contributed by atoms with Gasteiger partial charge in [0.1, 0.15) is 0 Å². The van der Waals surface area contributed by atoms with Crippen LogP contribution in [-0.4, -0.2) is 18.8 Å². The van der Waals surface area contributed by atoms with Crippen LogP contribution in [0.5, 0.6) is 0 Å². The van der Waals surface area contributed by atoms with Crippen LogP contribution < -0.4 is 5.73 Å². The molecule has 0 spiro atoms. The van der Waals surface area contributed by atoms with Gasteiger partial charge in [0, 0.05) is 12.3 Å². The van der Waals surface area contributed by atoms with E-state index in [2.05, 4.69) is 4.99 Å². The van der Waals surface area contributed by atoms with Crippen LogP contribution in [0.25, 0.3) is 0 Å². The van der Waals surface area contributed by atoms with Gasteiger partial charge in [-0.15, -0.1) is 0 Å². The smallest absolute Gasteiger partial charge is 0.0511 e. The van der Waals surface area contributed by atoms with Crippen LogP contribution in [0.4, 0.5) is 0 Å². The number of nitrogens with zero attached hydrogens (tertiary/aromatic N) is 1. The monoisotopic (exact) mass is 154 g/mol. The summed E-state index contributed by atoms with van der Waals surface area (Å²) < 4.78 is 0. The summed E-state index contributed by atoms with van der Waals surface area (Å²) >= 11 is 0. The summed E-state index contributed by atoms with van der Waals surface area (Å²) in [6.45, 7) is 1.53. The molecule has 1 rings (SSSR count). The van der Waals surface area contributed by atoms with Crippen LogP contribution in [0.1, 0.15) is 38.5 Å². The quantitative estimate of drug-likeness (QED) is 0.604. The molecule has 1 saturated carbocycles. The third kappa shape index (κ3) is 3.51. The van der Waals surface area contributed by atoms with Gasteiger partial charge in [0.15, 0.2) is 0 Å². The van der Waals surface area contributed by atoms with E-state index in [4.69, 9.17) is 5.73 Å². The van der Waals surface area contributed by atoms with Crippen LogP contribution in [0.2, 0.25) is 0 Å². The van der Waals surface area contributed by atoms with Gasteiger partial charge in [0.25, 0.3) is 0 Å². The van der Waals surface area contributed by atoms with Crippen molar-refractivity contribution in [2.45, 2.75) is 38.5 Å². The first-order valence-corrected chi connectivity index (χ1v) is 4.66. The summed E-state index contributed by atoms with van der Waals surface area (Å²) in [5.41, 5.74) is 6.79. The van der Waals surface area contributed by atoms with Crippen molar-refractivity contribution < 1.29 is 0 Å². The fourth-order valence-electron chi connectivity index (χ4n) is 1.52. The molecule has 0 heterocycles. The fraction of sp³-hybridized carbons (Fsp3) is 0.889. The highest BCUT2D eigenvalue weighted by molar-refractivity contribution is 5.84.